The molecule has 1 amide bonds. The second-order valence-electron chi connectivity index (χ2n) is 7.11. The van der Waals surface area contributed by atoms with Crippen LogP contribution in [-0.2, 0) is 4.79 Å². The van der Waals surface area contributed by atoms with Crippen molar-refractivity contribution in [3.8, 4) is 11.5 Å². The summed E-state index contributed by atoms with van der Waals surface area (Å²) >= 11 is 0. The van der Waals surface area contributed by atoms with Crippen LogP contribution in [0.15, 0.2) is 55.0 Å². The van der Waals surface area contributed by atoms with Crippen molar-refractivity contribution < 1.29 is 19.4 Å². The molecule has 0 saturated carbocycles. The molecule has 1 aromatic rings. The van der Waals surface area contributed by atoms with Crippen LogP contribution in [-0.4, -0.2) is 66.8 Å². The fourth-order valence-corrected chi connectivity index (χ4v) is 3.49. The second kappa shape index (κ2) is 10.0. The summed E-state index contributed by atoms with van der Waals surface area (Å²) in [6, 6.07) is 5.48. The molecular formula is C22H29N3O4. The lowest BCUT2D eigenvalue weighted by molar-refractivity contribution is -0.118. The van der Waals surface area contributed by atoms with Crippen molar-refractivity contribution >= 4 is 11.6 Å². The van der Waals surface area contributed by atoms with E-state index < -0.39 is 0 Å². The summed E-state index contributed by atoms with van der Waals surface area (Å²) in [5.74, 6) is 1.34. The van der Waals surface area contributed by atoms with Gasteiger partial charge in [-0.1, -0.05) is 19.2 Å². The Hall–Kier alpha value is -2.93. The van der Waals surface area contributed by atoms with Crippen LogP contribution in [0.25, 0.3) is 0 Å². The average Bonchev–Trinajstić information content (AvgIpc) is 2.72. The van der Waals surface area contributed by atoms with Gasteiger partial charge in [0.05, 0.1) is 18.0 Å². The summed E-state index contributed by atoms with van der Waals surface area (Å²) in [4.78, 5) is 16.0. The maximum Gasteiger partial charge on any atom is 0.262 e. The zero-order valence-electron chi connectivity index (χ0n) is 16.7. The number of ether oxygens (including phenoxy) is 2. The summed E-state index contributed by atoms with van der Waals surface area (Å²) < 4.78 is 11.2. The molecule has 3 rings (SSSR count). The monoisotopic (exact) mass is 399 g/mol. The van der Waals surface area contributed by atoms with E-state index in [9.17, 15) is 9.90 Å². The number of unbranched alkanes of at least 4 members (excludes halogenated alkanes) is 1. The fraction of sp³-hybridized carbons (Fsp3) is 0.409. The van der Waals surface area contributed by atoms with Crippen LogP contribution in [0.3, 0.4) is 0 Å². The molecule has 1 fully saturated rings. The molecule has 2 aliphatic heterocycles. The van der Waals surface area contributed by atoms with Crippen molar-refractivity contribution in [3.05, 3.63) is 55.0 Å². The molecule has 0 bridgehead atoms. The first-order chi connectivity index (χ1) is 14.1. The van der Waals surface area contributed by atoms with Gasteiger partial charge < -0.3 is 24.8 Å². The SMILES string of the molecule is C=C/C=C(\C(=C)O)N1CCN(CCCCOc2ccc3c(c2)NC(=O)CO3)CC1. The van der Waals surface area contributed by atoms with E-state index in [4.69, 9.17) is 9.47 Å². The standard InChI is InChI=1S/C22H29N3O4/c1-3-6-20(17(2)26)25-12-10-24(11-13-25)9-4-5-14-28-18-7-8-21-19(15-18)23-22(27)16-29-21/h3,6-8,15,26H,1-2,4-5,9-14,16H2,(H,23,27)/b20-6+. The Morgan fingerprint density at radius 3 is 2.79 bits per heavy atom. The van der Waals surface area contributed by atoms with Crippen LogP contribution in [0.2, 0.25) is 0 Å². The first-order valence-corrected chi connectivity index (χ1v) is 9.94. The number of aliphatic hydroxyl groups is 1. The smallest absolute Gasteiger partial charge is 0.262 e. The number of fused-ring (bicyclic) bond motifs is 1. The van der Waals surface area contributed by atoms with Gasteiger partial charge in [0.25, 0.3) is 5.91 Å². The number of hydrogen-bond donors (Lipinski definition) is 2. The van der Waals surface area contributed by atoms with Crippen molar-refractivity contribution in [1.82, 2.24) is 9.80 Å². The van der Waals surface area contributed by atoms with E-state index in [0.717, 1.165) is 57.0 Å². The molecule has 0 aromatic heterocycles. The molecule has 2 aliphatic rings. The number of carbonyl (C=O) groups is 1. The number of anilines is 1. The third-order valence-electron chi connectivity index (χ3n) is 5.01. The Morgan fingerprint density at radius 1 is 1.28 bits per heavy atom. The van der Waals surface area contributed by atoms with Crippen molar-refractivity contribution in [2.75, 3.05) is 51.3 Å². The van der Waals surface area contributed by atoms with Gasteiger partial charge in [0.2, 0.25) is 0 Å². The van der Waals surface area contributed by atoms with Gasteiger partial charge in [-0.15, -0.1) is 0 Å². The minimum Gasteiger partial charge on any atom is -0.506 e. The lowest BCUT2D eigenvalue weighted by Gasteiger charge is -2.37. The topological polar surface area (TPSA) is 74.3 Å². The summed E-state index contributed by atoms with van der Waals surface area (Å²) in [5.41, 5.74) is 1.41. The van der Waals surface area contributed by atoms with E-state index in [1.54, 1.807) is 18.2 Å². The summed E-state index contributed by atoms with van der Waals surface area (Å²) in [6.07, 6.45) is 5.47. The predicted octanol–water partition coefficient (Wildman–Crippen LogP) is 2.94. The molecule has 2 heterocycles. The molecule has 1 aromatic carbocycles. The van der Waals surface area contributed by atoms with Gasteiger partial charge >= 0.3 is 0 Å². The number of nitrogens with one attached hydrogen (secondary N) is 1. The van der Waals surface area contributed by atoms with Gasteiger partial charge in [-0.3, -0.25) is 9.69 Å². The molecule has 0 atom stereocenters. The van der Waals surface area contributed by atoms with Crippen LogP contribution >= 0.6 is 0 Å². The van der Waals surface area contributed by atoms with E-state index in [1.165, 1.54) is 0 Å². The summed E-state index contributed by atoms with van der Waals surface area (Å²) in [5, 5.41) is 12.5. The molecule has 0 spiro atoms. The predicted molar refractivity (Wildman–Crippen MR) is 113 cm³/mol. The lowest BCUT2D eigenvalue weighted by Crippen LogP contribution is -2.46. The molecule has 156 valence electrons. The Bertz CT molecular complexity index is 782. The van der Waals surface area contributed by atoms with Crippen LogP contribution in [0.1, 0.15) is 12.8 Å². The Morgan fingerprint density at radius 2 is 2.07 bits per heavy atom. The van der Waals surface area contributed by atoms with Gasteiger partial charge in [-0.05, 0) is 37.6 Å². The molecule has 0 aliphatic carbocycles. The molecular weight excluding hydrogens is 370 g/mol. The zero-order valence-corrected chi connectivity index (χ0v) is 16.7. The first kappa shape index (κ1) is 20.8. The summed E-state index contributed by atoms with van der Waals surface area (Å²) in [6.45, 7) is 12.7. The van der Waals surface area contributed by atoms with Crippen LogP contribution in [0.4, 0.5) is 5.69 Å². The van der Waals surface area contributed by atoms with Gasteiger partial charge in [0.15, 0.2) is 6.61 Å². The number of piperazine rings is 1. The largest absolute Gasteiger partial charge is 0.506 e. The number of amides is 1. The van der Waals surface area contributed by atoms with Crippen molar-refractivity contribution in [2.24, 2.45) is 0 Å². The minimum absolute atomic E-state index is 0.0576. The van der Waals surface area contributed by atoms with Crippen LogP contribution < -0.4 is 14.8 Å². The number of rotatable bonds is 9. The molecule has 1 saturated heterocycles. The number of hydrogen-bond acceptors (Lipinski definition) is 6. The number of allylic oxidation sites excluding steroid dienone is 2. The molecule has 2 N–H and O–H groups in total. The van der Waals surface area contributed by atoms with Crippen LogP contribution in [0.5, 0.6) is 11.5 Å². The molecule has 0 radical (unpaired) electrons. The van der Waals surface area contributed by atoms with E-state index in [0.29, 0.717) is 18.0 Å². The van der Waals surface area contributed by atoms with Gasteiger partial charge in [0, 0.05) is 32.2 Å². The van der Waals surface area contributed by atoms with E-state index in [2.05, 4.69) is 28.3 Å². The number of carbonyl (C=O) groups excluding carboxylic acids is 1. The quantitative estimate of drug-likeness (QED) is 0.378. The zero-order chi connectivity index (χ0) is 20.6. The second-order valence-corrected chi connectivity index (χ2v) is 7.11. The first-order valence-electron chi connectivity index (χ1n) is 9.94. The number of benzene rings is 1. The molecule has 7 heteroatoms. The number of nitrogens with zero attached hydrogens (tertiary/aromatic N) is 2. The third-order valence-corrected chi connectivity index (χ3v) is 5.01. The van der Waals surface area contributed by atoms with E-state index in [1.807, 2.05) is 12.1 Å². The maximum atomic E-state index is 11.4. The third kappa shape index (κ3) is 5.77. The molecule has 29 heavy (non-hydrogen) atoms. The summed E-state index contributed by atoms with van der Waals surface area (Å²) in [7, 11) is 0. The van der Waals surface area contributed by atoms with Gasteiger partial charge in [-0.2, -0.15) is 0 Å². The van der Waals surface area contributed by atoms with Crippen molar-refractivity contribution in [2.45, 2.75) is 12.8 Å². The van der Waals surface area contributed by atoms with Crippen LogP contribution in [0, 0.1) is 0 Å². The lowest BCUT2D eigenvalue weighted by atomic mass is 10.2. The van der Waals surface area contributed by atoms with E-state index >= 15 is 0 Å². The Labute approximate surface area is 171 Å². The average molecular weight is 399 g/mol. The Kier molecular flexibility index (Phi) is 7.19. The van der Waals surface area contributed by atoms with Gasteiger partial charge in [-0.25, -0.2) is 0 Å². The van der Waals surface area contributed by atoms with Crippen molar-refractivity contribution in [3.63, 3.8) is 0 Å². The van der Waals surface area contributed by atoms with Crippen molar-refractivity contribution in [1.29, 1.82) is 0 Å². The highest BCUT2D eigenvalue weighted by Gasteiger charge is 2.19. The Balaban J connectivity index is 1.34. The highest BCUT2D eigenvalue weighted by atomic mass is 16.5. The highest BCUT2D eigenvalue weighted by molar-refractivity contribution is 5.95. The normalized spacial score (nSPS) is 17.2. The van der Waals surface area contributed by atoms with E-state index in [-0.39, 0.29) is 18.3 Å². The molecule has 0 unspecified atom stereocenters. The molecule has 7 nitrogen and oxygen atoms in total. The fourth-order valence-electron chi connectivity index (χ4n) is 3.49. The highest BCUT2D eigenvalue weighted by Crippen LogP contribution is 2.31. The maximum absolute atomic E-state index is 11.4. The van der Waals surface area contributed by atoms with Gasteiger partial charge in [0.1, 0.15) is 17.3 Å². The number of aliphatic hydroxyl groups excluding tert-OH is 1. The minimum atomic E-state index is -0.148.